The number of aromatic nitrogens is 1. The van der Waals surface area contributed by atoms with Crippen LogP contribution >= 0.6 is 0 Å². The van der Waals surface area contributed by atoms with Gasteiger partial charge in [-0.3, -0.25) is 4.79 Å². The molecular weight excluding hydrogens is 312 g/mol. The summed E-state index contributed by atoms with van der Waals surface area (Å²) in [5.74, 6) is -0.341. The standard InChI is InChI=1S/C17H18N2O5/c1-10(2)6-12(17(21)22)19-8-11(7-15(19)20)24-14-5-3-4-13-16(14)18-9-23-13/h3-5,7,9-10,12H,6,8H2,1-2H3,(H,21,22)/t12-/m0/s1. The number of nitrogens with zero attached hydrogens (tertiary/aromatic N) is 2. The van der Waals surface area contributed by atoms with Crippen LogP contribution in [0.5, 0.6) is 5.75 Å². The number of carboxylic acids is 1. The molecule has 1 aliphatic heterocycles. The summed E-state index contributed by atoms with van der Waals surface area (Å²) in [4.78, 5) is 29.1. The normalized spacial score (nSPS) is 15.9. The number of ether oxygens (including phenoxy) is 1. The third kappa shape index (κ3) is 3.10. The van der Waals surface area contributed by atoms with Crippen LogP contribution in [0.25, 0.3) is 11.1 Å². The fraction of sp³-hybridized carbons (Fsp3) is 0.353. The van der Waals surface area contributed by atoms with E-state index in [0.29, 0.717) is 29.0 Å². The molecule has 0 saturated heterocycles. The van der Waals surface area contributed by atoms with Crippen LogP contribution in [-0.4, -0.2) is 39.5 Å². The molecule has 0 radical (unpaired) electrons. The molecule has 0 saturated carbocycles. The summed E-state index contributed by atoms with van der Waals surface area (Å²) in [5, 5.41) is 9.41. The zero-order valence-corrected chi connectivity index (χ0v) is 13.4. The molecule has 2 heterocycles. The number of fused-ring (bicyclic) bond motifs is 1. The van der Waals surface area contributed by atoms with E-state index in [1.165, 1.54) is 17.4 Å². The van der Waals surface area contributed by atoms with E-state index in [1.807, 2.05) is 13.8 Å². The Hall–Kier alpha value is -2.83. The Morgan fingerprint density at radius 2 is 2.25 bits per heavy atom. The number of hydrogen-bond donors (Lipinski definition) is 1. The van der Waals surface area contributed by atoms with Gasteiger partial charge in [-0.2, -0.15) is 0 Å². The smallest absolute Gasteiger partial charge is 0.326 e. The van der Waals surface area contributed by atoms with Gasteiger partial charge in [0, 0.05) is 6.08 Å². The van der Waals surface area contributed by atoms with Crippen LogP contribution in [-0.2, 0) is 9.59 Å². The molecule has 2 aromatic rings. The first kappa shape index (κ1) is 16.0. The van der Waals surface area contributed by atoms with Crippen LogP contribution < -0.4 is 4.74 Å². The van der Waals surface area contributed by atoms with Gasteiger partial charge in [-0.05, 0) is 24.5 Å². The zero-order chi connectivity index (χ0) is 17.3. The summed E-state index contributed by atoms with van der Waals surface area (Å²) >= 11 is 0. The Balaban J connectivity index is 1.77. The lowest BCUT2D eigenvalue weighted by molar-refractivity contribution is -0.148. The first-order valence-electron chi connectivity index (χ1n) is 7.69. The Bertz CT molecular complexity index is 808. The summed E-state index contributed by atoms with van der Waals surface area (Å²) in [6.45, 7) is 3.97. The molecule has 1 aromatic carbocycles. The van der Waals surface area contributed by atoms with Gasteiger partial charge in [0.25, 0.3) is 5.91 Å². The van der Waals surface area contributed by atoms with Crippen molar-refractivity contribution in [3.8, 4) is 5.75 Å². The van der Waals surface area contributed by atoms with Gasteiger partial charge in [0.2, 0.25) is 0 Å². The maximum atomic E-state index is 12.2. The van der Waals surface area contributed by atoms with Crippen LogP contribution in [0.1, 0.15) is 20.3 Å². The molecule has 7 nitrogen and oxygen atoms in total. The van der Waals surface area contributed by atoms with Crippen molar-refractivity contribution in [1.29, 1.82) is 0 Å². The van der Waals surface area contributed by atoms with Crippen LogP contribution in [0.3, 0.4) is 0 Å². The molecule has 0 aliphatic carbocycles. The van der Waals surface area contributed by atoms with E-state index in [-0.39, 0.29) is 18.4 Å². The van der Waals surface area contributed by atoms with Crippen molar-refractivity contribution < 1.29 is 23.8 Å². The molecule has 7 heteroatoms. The van der Waals surface area contributed by atoms with Gasteiger partial charge >= 0.3 is 5.97 Å². The molecule has 126 valence electrons. The predicted octanol–water partition coefficient (Wildman–Crippen LogP) is 2.43. The average molecular weight is 330 g/mol. The van der Waals surface area contributed by atoms with Gasteiger partial charge in [-0.25, -0.2) is 9.78 Å². The monoisotopic (exact) mass is 330 g/mol. The number of amides is 1. The van der Waals surface area contributed by atoms with E-state index in [9.17, 15) is 14.7 Å². The maximum Gasteiger partial charge on any atom is 0.326 e. The minimum atomic E-state index is -1.01. The van der Waals surface area contributed by atoms with Gasteiger partial charge < -0.3 is 19.2 Å². The Labute approximate surface area is 138 Å². The van der Waals surface area contributed by atoms with Gasteiger partial charge in [0.1, 0.15) is 11.8 Å². The minimum Gasteiger partial charge on any atom is -0.480 e. The molecule has 1 amide bonds. The molecule has 1 aliphatic rings. The molecule has 0 bridgehead atoms. The van der Waals surface area contributed by atoms with Crippen molar-refractivity contribution in [2.24, 2.45) is 5.92 Å². The first-order chi connectivity index (χ1) is 11.5. The van der Waals surface area contributed by atoms with Crippen molar-refractivity contribution in [2.75, 3.05) is 6.54 Å². The van der Waals surface area contributed by atoms with Crippen molar-refractivity contribution >= 4 is 23.0 Å². The van der Waals surface area contributed by atoms with E-state index < -0.39 is 12.0 Å². The number of oxazole rings is 1. The van der Waals surface area contributed by atoms with Crippen molar-refractivity contribution in [3.05, 3.63) is 36.4 Å². The number of rotatable bonds is 6. The van der Waals surface area contributed by atoms with Crippen LogP contribution in [0.2, 0.25) is 0 Å². The number of carbonyl (C=O) groups is 2. The first-order valence-corrected chi connectivity index (χ1v) is 7.69. The molecule has 0 spiro atoms. The predicted molar refractivity (Wildman–Crippen MR) is 85.3 cm³/mol. The zero-order valence-electron chi connectivity index (χ0n) is 13.4. The summed E-state index contributed by atoms with van der Waals surface area (Å²) in [7, 11) is 0. The second-order valence-electron chi connectivity index (χ2n) is 6.12. The molecule has 1 aromatic heterocycles. The van der Waals surface area contributed by atoms with Crippen molar-refractivity contribution in [3.63, 3.8) is 0 Å². The lowest BCUT2D eigenvalue weighted by Crippen LogP contribution is -2.43. The Morgan fingerprint density at radius 3 is 2.96 bits per heavy atom. The van der Waals surface area contributed by atoms with E-state index in [4.69, 9.17) is 9.15 Å². The quantitative estimate of drug-likeness (QED) is 0.874. The fourth-order valence-electron chi connectivity index (χ4n) is 2.73. The van der Waals surface area contributed by atoms with Crippen LogP contribution in [0.4, 0.5) is 0 Å². The summed E-state index contributed by atoms with van der Waals surface area (Å²) in [6, 6.07) is 4.38. The molecule has 0 unspecified atom stereocenters. The lowest BCUT2D eigenvalue weighted by Gasteiger charge is -2.25. The van der Waals surface area contributed by atoms with Gasteiger partial charge in [-0.15, -0.1) is 0 Å². The number of aliphatic carboxylic acids is 1. The second-order valence-corrected chi connectivity index (χ2v) is 6.12. The minimum absolute atomic E-state index is 0.122. The Kier molecular flexibility index (Phi) is 4.24. The number of carboxylic acid groups (broad SMARTS) is 1. The SMILES string of the molecule is CC(C)C[C@@H](C(=O)O)N1CC(Oc2cccc3ocnc23)=CC1=O. The molecule has 1 N–H and O–H groups in total. The van der Waals surface area contributed by atoms with E-state index in [1.54, 1.807) is 18.2 Å². The Morgan fingerprint density at radius 1 is 1.46 bits per heavy atom. The maximum absolute atomic E-state index is 12.2. The summed E-state index contributed by atoms with van der Waals surface area (Å²) in [6.07, 6.45) is 3.04. The van der Waals surface area contributed by atoms with E-state index in [0.717, 1.165) is 0 Å². The van der Waals surface area contributed by atoms with Gasteiger partial charge in [-0.1, -0.05) is 19.9 Å². The number of hydrogen-bond acceptors (Lipinski definition) is 5. The van der Waals surface area contributed by atoms with Crippen LogP contribution in [0, 0.1) is 5.92 Å². The largest absolute Gasteiger partial charge is 0.480 e. The number of carbonyl (C=O) groups excluding carboxylic acids is 1. The van der Waals surface area contributed by atoms with Crippen molar-refractivity contribution in [2.45, 2.75) is 26.3 Å². The molecule has 1 atom stereocenters. The van der Waals surface area contributed by atoms with Gasteiger partial charge in [0.15, 0.2) is 23.2 Å². The van der Waals surface area contributed by atoms with Crippen LogP contribution in [0.15, 0.2) is 40.8 Å². The third-order valence-electron chi connectivity index (χ3n) is 3.81. The number of benzene rings is 1. The lowest BCUT2D eigenvalue weighted by atomic mass is 10.0. The molecule has 3 rings (SSSR count). The third-order valence-corrected chi connectivity index (χ3v) is 3.81. The highest BCUT2D eigenvalue weighted by Crippen LogP contribution is 2.28. The molecule has 24 heavy (non-hydrogen) atoms. The topological polar surface area (TPSA) is 92.9 Å². The van der Waals surface area contributed by atoms with Gasteiger partial charge in [0.05, 0.1) is 6.54 Å². The molecule has 0 fully saturated rings. The summed E-state index contributed by atoms with van der Waals surface area (Å²) < 4.78 is 11.0. The van der Waals surface area contributed by atoms with Crippen molar-refractivity contribution in [1.82, 2.24) is 9.88 Å². The second kappa shape index (κ2) is 6.35. The average Bonchev–Trinajstić information content (AvgIpc) is 3.11. The fourth-order valence-corrected chi connectivity index (χ4v) is 2.73. The summed E-state index contributed by atoms with van der Waals surface area (Å²) in [5.41, 5.74) is 1.14. The highest BCUT2D eigenvalue weighted by molar-refractivity contribution is 5.94. The highest BCUT2D eigenvalue weighted by atomic mass is 16.5. The number of para-hydroxylation sites is 1. The van der Waals surface area contributed by atoms with E-state index >= 15 is 0 Å². The highest BCUT2D eigenvalue weighted by Gasteiger charge is 2.34. The molecular formula is C17H18N2O5. The van der Waals surface area contributed by atoms with E-state index in [2.05, 4.69) is 4.98 Å².